The first-order valence-electron chi connectivity index (χ1n) is 6.93. The van der Waals surface area contributed by atoms with Crippen molar-refractivity contribution < 1.29 is 4.39 Å². The molecule has 3 nitrogen and oxygen atoms in total. The maximum absolute atomic E-state index is 13.2. The molecule has 0 fully saturated rings. The lowest BCUT2D eigenvalue weighted by molar-refractivity contribution is 0.265. The van der Waals surface area contributed by atoms with Crippen molar-refractivity contribution in [1.29, 1.82) is 0 Å². The standard InChI is InChI=1S/C15H21ClFN3/c1-11(2)19(3)7-4-8-20-14-6-5-12(17)9-13(14)18-15(20)10-16/h5-6,9,11H,4,7-8,10H2,1-3H3. The third-order valence-corrected chi connectivity index (χ3v) is 3.92. The van der Waals surface area contributed by atoms with E-state index < -0.39 is 0 Å². The first-order valence-corrected chi connectivity index (χ1v) is 7.47. The summed E-state index contributed by atoms with van der Waals surface area (Å²) in [4.78, 5) is 6.71. The quantitative estimate of drug-likeness (QED) is 0.759. The topological polar surface area (TPSA) is 21.1 Å². The first kappa shape index (κ1) is 15.3. The Kier molecular flexibility index (Phi) is 5.00. The van der Waals surface area contributed by atoms with Crippen molar-refractivity contribution in [3.05, 3.63) is 29.8 Å². The molecule has 2 rings (SSSR count). The number of benzene rings is 1. The molecule has 0 unspecified atom stereocenters. The van der Waals surface area contributed by atoms with E-state index in [9.17, 15) is 4.39 Å². The molecule has 0 aliphatic heterocycles. The third kappa shape index (κ3) is 3.30. The van der Waals surface area contributed by atoms with Gasteiger partial charge in [0.1, 0.15) is 11.6 Å². The zero-order chi connectivity index (χ0) is 14.7. The van der Waals surface area contributed by atoms with Gasteiger partial charge in [0.25, 0.3) is 0 Å². The van der Waals surface area contributed by atoms with Gasteiger partial charge in [-0.15, -0.1) is 11.6 Å². The van der Waals surface area contributed by atoms with Gasteiger partial charge in [0, 0.05) is 18.7 Å². The molecule has 0 aliphatic carbocycles. The van der Waals surface area contributed by atoms with Crippen LogP contribution in [0, 0.1) is 5.82 Å². The fourth-order valence-corrected chi connectivity index (χ4v) is 2.44. The predicted octanol–water partition coefficient (Wildman–Crippen LogP) is 3.64. The average Bonchev–Trinajstić information content (AvgIpc) is 2.75. The highest BCUT2D eigenvalue weighted by Crippen LogP contribution is 2.19. The minimum Gasteiger partial charge on any atom is -0.327 e. The summed E-state index contributed by atoms with van der Waals surface area (Å²) in [6, 6.07) is 5.25. The molecule has 0 N–H and O–H groups in total. The van der Waals surface area contributed by atoms with Gasteiger partial charge in [0.15, 0.2) is 0 Å². The Morgan fingerprint density at radius 3 is 2.80 bits per heavy atom. The van der Waals surface area contributed by atoms with Gasteiger partial charge >= 0.3 is 0 Å². The Morgan fingerprint density at radius 2 is 2.15 bits per heavy atom. The fraction of sp³-hybridized carbons (Fsp3) is 0.533. The van der Waals surface area contributed by atoms with Crippen LogP contribution in [-0.2, 0) is 12.4 Å². The van der Waals surface area contributed by atoms with E-state index in [0.717, 1.165) is 30.9 Å². The van der Waals surface area contributed by atoms with Crippen LogP contribution >= 0.6 is 11.6 Å². The SMILES string of the molecule is CC(C)N(C)CCCn1c(CCl)nc2cc(F)ccc21. The normalized spacial score (nSPS) is 11.9. The number of fused-ring (bicyclic) bond motifs is 1. The van der Waals surface area contributed by atoms with Gasteiger partial charge in [-0.05, 0) is 46.0 Å². The lowest BCUT2D eigenvalue weighted by atomic mass is 10.3. The van der Waals surface area contributed by atoms with Crippen molar-refractivity contribution in [2.24, 2.45) is 0 Å². The van der Waals surface area contributed by atoms with Gasteiger partial charge in [0.2, 0.25) is 0 Å². The Morgan fingerprint density at radius 1 is 1.40 bits per heavy atom. The van der Waals surface area contributed by atoms with E-state index in [1.807, 2.05) is 0 Å². The lowest BCUT2D eigenvalue weighted by Gasteiger charge is -2.21. The number of imidazole rings is 1. The number of hydrogen-bond donors (Lipinski definition) is 0. The molecule has 20 heavy (non-hydrogen) atoms. The number of hydrogen-bond acceptors (Lipinski definition) is 2. The van der Waals surface area contributed by atoms with Gasteiger partial charge in [0.05, 0.1) is 16.9 Å². The maximum atomic E-state index is 13.2. The summed E-state index contributed by atoms with van der Waals surface area (Å²) in [5.74, 6) is 0.887. The molecule has 0 spiro atoms. The highest BCUT2D eigenvalue weighted by molar-refractivity contribution is 6.16. The van der Waals surface area contributed by atoms with Gasteiger partial charge in [-0.1, -0.05) is 0 Å². The number of aryl methyl sites for hydroxylation is 1. The van der Waals surface area contributed by atoms with Crippen molar-refractivity contribution in [2.75, 3.05) is 13.6 Å². The second kappa shape index (κ2) is 6.55. The molecule has 1 aromatic heterocycles. The molecule has 1 heterocycles. The number of rotatable bonds is 6. The zero-order valence-corrected chi connectivity index (χ0v) is 13.0. The van der Waals surface area contributed by atoms with E-state index in [1.54, 1.807) is 6.07 Å². The van der Waals surface area contributed by atoms with Gasteiger partial charge in [-0.3, -0.25) is 0 Å². The van der Waals surface area contributed by atoms with Crippen LogP contribution in [0.4, 0.5) is 4.39 Å². The molecule has 0 bridgehead atoms. The van der Waals surface area contributed by atoms with Gasteiger partial charge in [-0.25, -0.2) is 9.37 Å². The molecular formula is C15H21ClFN3. The number of halogens is 2. The summed E-state index contributed by atoms with van der Waals surface area (Å²) in [5, 5.41) is 0. The summed E-state index contributed by atoms with van der Waals surface area (Å²) in [6.45, 7) is 6.22. The summed E-state index contributed by atoms with van der Waals surface area (Å²) in [5.41, 5.74) is 1.63. The van der Waals surface area contributed by atoms with Crippen LogP contribution in [-0.4, -0.2) is 34.1 Å². The Bertz CT molecular complexity index is 580. The van der Waals surface area contributed by atoms with E-state index in [2.05, 4.69) is 35.3 Å². The molecular weight excluding hydrogens is 277 g/mol. The van der Waals surface area contributed by atoms with Crippen molar-refractivity contribution in [3.63, 3.8) is 0 Å². The molecule has 0 amide bonds. The minimum absolute atomic E-state index is 0.261. The zero-order valence-electron chi connectivity index (χ0n) is 12.2. The van der Waals surface area contributed by atoms with Crippen LogP contribution in [0.1, 0.15) is 26.1 Å². The lowest BCUT2D eigenvalue weighted by Crippen LogP contribution is -2.28. The third-order valence-electron chi connectivity index (χ3n) is 3.68. The van der Waals surface area contributed by atoms with E-state index in [1.165, 1.54) is 12.1 Å². The van der Waals surface area contributed by atoms with Crippen LogP contribution in [0.25, 0.3) is 11.0 Å². The van der Waals surface area contributed by atoms with Crippen LogP contribution < -0.4 is 0 Å². The highest BCUT2D eigenvalue weighted by atomic mass is 35.5. The van der Waals surface area contributed by atoms with Crippen molar-refractivity contribution in [1.82, 2.24) is 14.5 Å². The molecule has 0 atom stereocenters. The van der Waals surface area contributed by atoms with Crippen molar-refractivity contribution in [2.45, 2.75) is 38.7 Å². The molecule has 0 aliphatic rings. The summed E-state index contributed by atoms with van der Waals surface area (Å²) in [7, 11) is 2.12. The Balaban J connectivity index is 2.16. The molecule has 110 valence electrons. The first-order chi connectivity index (χ1) is 9.52. The maximum Gasteiger partial charge on any atom is 0.125 e. The second-order valence-electron chi connectivity index (χ2n) is 5.37. The van der Waals surface area contributed by atoms with E-state index >= 15 is 0 Å². The summed E-state index contributed by atoms with van der Waals surface area (Å²) in [6.07, 6.45) is 1.02. The summed E-state index contributed by atoms with van der Waals surface area (Å²) >= 11 is 5.95. The highest BCUT2D eigenvalue weighted by Gasteiger charge is 2.11. The number of aromatic nitrogens is 2. The average molecular weight is 298 g/mol. The van der Waals surface area contributed by atoms with Gasteiger partial charge < -0.3 is 9.47 Å². The van der Waals surface area contributed by atoms with Crippen LogP contribution in [0.15, 0.2) is 18.2 Å². The Hall–Kier alpha value is -1.13. The molecule has 0 saturated carbocycles. The van der Waals surface area contributed by atoms with Crippen LogP contribution in [0.5, 0.6) is 0 Å². The number of nitrogens with zero attached hydrogens (tertiary/aromatic N) is 3. The predicted molar refractivity (Wildman–Crippen MR) is 81.6 cm³/mol. The molecule has 2 aromatic rings. The van der Waals surface area contributed by atoms with Crippen LogP contribution in [0.3, 0.4) is 0 Å². The minimum atomic E-state index is -0.261. The smallest absolute Gasteiger partial charge is 0.125 e. The molecule has 1 aromatic carbocycles. The van der Waals surface area contributed by atoms with Crippen molar-refractivity contribution >= 4 is 22.6 Å². The molecule has 5 heteroatoms. The second-order valence-corrected chi connectivity index (χ2v) is 5.64. The number of alkyl halides is 1. The molecule has 0 radical (unpaired) electrons. The van der Waals surface area contributed by atoms with E-state index in [-0.39, 0.29) is 5.82 Å². The van der Waals surface area contributed by atoms with E-state index in [4.69, 9.17) is 11.6 Å². The fourth-order valence-electron chi connectivity index (χ4n) is 2.24. The largest absolute Gasteiger partial charge is 0.327 e. The monoisotopic (exact) mass is 297 g/mol. The van der Waals surface area contributed by atoms with E-state index in [0.29, 0.717) is 17.4 Å². The molecule has 0 saturated heterocycles. The van der Waals surface area contributed by atoms with Crippen LogP contribution in [0.2, 0.25) is 0 Å². The van der Waals surface area contributed by atoms with Crippen molar-refractivity contribution in [3.8, 4) is 0 Å². The van der Waals surface area contributed by atoms with Gasteiger partial charge in [-0.2, -0.15) is 0 Å². The summed E-state index contributed by atoms with van der Waals surface area (Å²) < 4.78 is 15.3. The Labute approximate surface area is 124 Å².